The fourth-order valence-corrected chi connectivity index (χ4v) is 1.77. The topological polar surface area (TPSA) is 96.9 Å². The Bertz CT molecular complexity index is 705. The lowest BCUT2D eigenvalue weighted by Crippen LogP contribution is -2.07. The van der Waals surface area contributed by atoms with Crippen molar-refractivity contribution in [1.29, 1.82) is 5.26 Å². The summed E-state index contributed by atoms with van der Waals surface area (Å²) in [4.78, 5) is 26.4. The average Bonchev–Trinajstić information content (AvgIpc) is 2.47. The number of hydrogen-bond donors (Lipinski definition) is 0. The van der Waals surface area contributed by atoms with Crippen LogP contribution in [-0.4, -0.2) is 15.7 Å². The second kappa shape index (κ2) is 5.71. The zero-order valence-corrected chi connectivity index (χ0v) is 10.3. The van der Waals surface area contributed by atoms with Crippen molar-refractivity contribution < 1.29 is 9.72 Å². The fraction of sp³-hybridized carbons (Fsp3) is 0.0714. The summed E-state index contributed by atoms with van der Waals surface area (Å²) >= 11 is 0. The molecule has 0 aliphatic rings. The van der Waals surface area contributed by atoms with Crippen molar-refractivity contribution in [3.05, 3.63) is 69.5 Å². The molecule has 0 amide bonds. The van der Waals surface area contributed by atoms with Gasteiger partial charge in [0.2, 0.25) is 0 Å². The summed E-state index contributed by atoms with van der Waals surface area (Å²) < 4.78 is 0. The highest BCUT2D eigenvalue weighted by atomic mass is 16.6. The number of Topliss-reactive ketones (excluding diaryl/α,β-unsaturated/α-hetero) is 1. The Balaban J connectivity index is 2.38. The van der Waals surface area contributed by atoms with E-state index in [1.165, 1.54) is 24.4 Å². The standard InChI is InChI=1S/C14H9N3O3/c15-8-10-3-4-13(17(19)20)12(6-10)14(18)7-11-2-1-5-16-9-11/h1-6,9H,7H2. The molecule has 0 spiro atoms. The smallest absolute Gasteiger partial charge is 0.280 e. The van der Waals surface area contributed by atoms with Crippen molar-refractivity contribution in [2.75, 3.05) is 0 Å². The average molecular weight is 267 g/mol. The van der Waals surface area contributed by atoms with Crippen LogP contribution in [0, 0.1) is 21.4 Å². The van der Waals surface area contributed by atoms with Crippen LogP contribution in [0.3, 0.4) is 0 Å². The summed E-state index contributed by atoms with van der Waals surface area (Å²) in [5, 5.41) is 19.8. The molecule has 0 aliphatic carbocycles. The van der Waals surface area contributed by atoms with Crippen molar-refractivity contribution >= 4 is 11.5 Å². The van der Waals surface area contributed by atoms with Gasteiger partial charge in [-0.25, -0.2) is 0 Å². The summed E-state index contributed by atoms with van der Waals surface area (Å²) in [6, 6.07) is 9.00. The Labute approximate surface area is 114 Å². The summed E-state index contributed by atoms with van der Waals surface area (Å²) in [6.45, 7) is 0. The van der Waals surface area contributed by atoms with E-state index in [-0.39, 0.29) is 23.2 Å². The van der Waals surface area contributed by atoms with Gasteiger partial charge in [0.1, 0.15) is 0 Å². The number of rotatable bonds is 4. The van der Waals surface area contributed by atoms with E-state index >= 15 is 0 Å². The molecule has 6 heteroatoms. The van der Waals surface area contributed by atoms with Gasteiger partial charge in [0.05, 0.1) is 22.1 Å². The Hall–Kier alpha value is -3.07. The number of nitro groups is 1. The molecule has 0 atom stereocenters. The van der Waals surface area contributed by atoms with Gasteiger partial charge in [0.25, 0.3) is 5.69 Å². The Kier molecular flexibility index (Phi) is 3.82. The normalized spacial score (nSPS) is 9.75. The molecular formula is C14H9N3O3. The number of aromatic nitrogens is 1. The maximum atomic E-state index is 12.2. The van der Waals surface area contributed by atoms with Crippen LogP contribution in [-0.2, 0) is 6.42 Å². The number of nitro benzene ring substituents is 1. The lowest BCUT2D eigenvalue weighted by Gasteiger charge is -2.03. The van der Waals surface area contributed by atoms with Gasteiger partial charge < -0.3 is 0 Å². The molecule has 98 valence electrons. The Morgan fingerprint density at radius 3 is 2.80 bits per heavy atom. The molecule has 0 aliphatic heterocycles. The van der Waals surface area contributed by atoms with Gasteiger partial charge in [-0.3, -0.25) is 19.9 Å². The molecule has 0 unspecified atom stereocenters. The highest BCUT2D eigenvalue weighted by molar-refractivity contribution is 6.01. The van der Waals surface area contributed by atoms with Crippen LogP contribution in [0.25, 0.3) is 0 Å². The Morgan fingerprint density at radius 2 is 2.20 bits per heavy atom. The molecule has 0 saturated heterocycles. The molecule has 0 N–H and O–H groups in total. The van der Waals surface area contributed by atoms with Gasteiger partial charge in [0, 0.05) is 24.9 Å². The van der Waals surface area contributed by atoms with Gasteiger partial charge >= 0.3 is 0 Å². The third-order valence-corrected chi connectivity index (χ3v) is 2.71. The minimum Gasteiger partial charge on any atom is -0.294 e. The van der Waals surface area contributed by atoms with E-state index in [2.05, 4.69) is 4.98 Å². The van der Waals surface area contributed by atoms with Gasteiger partial charge in [-0.1, -0.05) is 6.07 Å². The van der Waals surface area contributed by atoms with E-state index in [9.17, 15) is 14.9 Å². The molecule has 0 saturated carbocycles. The van der Waals surface area contributed by atoms with Crippen LogP contribution in [0.5, 0.6) is 0 Å². The van der Waals surface area contributed by atoms with Crippen LogP contribution in [0.15, 0.2) is 42.7 Å². The van der Waals surface area contributed by atoms with Crippen LogP contribution >= 0.6 is 0 Å². The molecule has 1 heterocycles. The number of hydrogen-bond acceptors (Lipinski definition) is 5. The van der Waals surface area contributed by atoms with Crippen LogP contribution in [0.2, 0.25) is 0 Å². The van der Waals surface area contributed by atoms with Crippen molar-refractivity contribution in [2.24, 2.45) is 0 Å². The lowest BCUT2D eigenvalue weighted by molar-refractivity contribution is -0.385. The van der Waals surface area contributed by atoms with Gasteiger partial charge in [-0.15, -0.1) is 0 Å². The maximum Gasteiger partial charge on any atom is 0.280 e. The number of carbonyl (C=O) groups is 1. The van der Waals surface area contributed by atoms with Crippen molar-refractivity contribution in [2.45, 2.75) is 6.42 Å². The van der Waals surface area contributed by atoms with Crippen molar-refractivity contribution in [1.82, 2.24) is 4.98 Å². The number of ketones is 1. The number of pyridine rings is 1. The molecule has 2 aromatic rings. The monoisotopic (exact) mass is 267 g/mol. The van der Waals surface area contributed by atoms with Gasteiger partial charge in [0.15, 0.2) is 5.78 Å². The third kappa shape index (κ3) is 2.84. The number of carbonyl (C=O) groups excluding carboxylic acids is 1. The molecule has 20 heavy (non-hydrogen) atoms. The van der Waals surface area contributed by atoms with E-state index in [0.717, 1.165) is 0 Å². The largest absolute Gasteiger partial charge is 0.294 e. The minimum absolute atomic E-state index is 0.00353. The first kappa shape index (κ1) is 13.4. The molecule has 1 aromatic heterocycles. The summed E-state index contributed by atoms with van der Waals surface area (Å²) in [5.41, 5.74) is 0.523. The zero-order chi connectivity index (χ0) is 14.5. The molecule has 0 bridgehead atoms. The highest BCUT2D eigenvalue weighted by Gasteiger charge is 2.20. The first-order chi connectivity index (χ1) is 9.61. The Morgan fingerprint density at radius 1 is 1.40 bits per heavy atom. The predicted molar refractivity (Wildman–Crippen MR) is 70.1 cm³/mol. The molecule has 1 aromatic carbocycles. The van der Waals surface area contributed by atoms with Gasteiger partial charge in [-0.2, -0.15) is 5.26 Å². The fourth-order valence-electron chi connectivity index (χ4n) is 1.77. The summed E-state index contributed by atoms with van der Waals surface area (Å²) in [7, 11) is 0. The maximum absolute atomic E-state index is 12.2. The second-order valence-corrected chi connectivity index (χ2v) is 4.06. The van der Waals surface area contributed by atoms with Crippen LogP contribution < -0.4 is 0 Å². The highest BCUT2D eigenvalue weighted by Crippen LogP contribution is 2.21. The van der Waals surface area contributed by atoms with E-state index in [1.807, 2.05) is 6.07 Å². The van der Waals surface area contributed by atoms with E-state index < -0.39 is 10.7 Å². The second-order valence-electron chi connectivity index (χ2n) is 4.06. The van der Waals surface area contributed by atoms with Crippen molar-refractivity contribution in [3.63, 3.8) is 0 Å². The summed E-state index contributed by atoms with van der Waals surface area (Å²) in [5.74, 6) is -0.415. The molecule has 2 rings (SSSR count). The quantitative estimate of drug-likeness (QED) is 0.481. The van der Waals surface area contributed by atoms with E-state index in [1.54, 1.807) is 18.3 Å². The lowest BCUT2D eigenvalue weighted by atomic mass is 10.0. The first-order valence-corrected chi connectivity index (χ1v) is 5.72. The first-order valence-electron chi connectivity index (χ1n) is 5.72. The molecule has 0 radical (unpaired) electrons. The SMILES string of the molecule is N#Cc1ccc([N+](=O)[O-])c(C(=O)Cc2cccnc2)c1. The van der Waals surface area contributed by atoms with E-state index in [4.69, 9.17) is 5.26 Å². The third-order valence-electron chi connectivity index (χ3n) is 2.71. The van der Waals surface area contributed by atoms with Crippen molar-refractivity contribution in [3.8, 4) is 6.07 Å². The zero-order valence-electron chi connectivity index (χ0n) is 10.3. The van der Waals surface area contributed by atoms with Crippen LogP contribution in [0.1, 0.15) is 21.5 Å². The minimum atomic E-state index is -0.627. The number of nitrogens with zero attached hydrogens (tertiary/aromatic N) is 3. The molecular weight excluding hydrogens is 258 g/mol. The number of nitriles is 1. The molecule has 6 nitrogen and oxygen atoms in total. The summed E-state index contributed by atoms with van der Waals surface area (Å²) in [6.07, 6.45) is 3.11. The van der Waals surface area contributed by atoms with E-state index in [0.29, 0.717) is 5.56 Å². The van der Waals surface area contributed by atoms with Gasteiger partial charge in [-0.05, 0) is 23.8 Å². The predicted octanol–water partition coefficient (Wildman–Crippen LogP) is 2.29. The number of benzene rings is 1. The van der Waals surface area contributed by atoms with Crippen LogP contribution in [0.4, 0.5) is 5.69 Å². The molecule has 0 fully saturated rings.